The van der Waals surface area contributed by atoms with Gasteiger partial charge in [-0.25, -0.2) is 4.68 Å². The van der Waals surface area contributed by atoms with Crippen LogP contribution < -0.4 is 15.0 Å². The van der Waals surface area contributed by atoms with Crippen LogP contribution in [0.15, 0.2) is 65.1 Å². The van der Waals surface area contributed by atoms with E-state index < -0.39 is 6.04 Å². The molecule has 37 heavy (non-hydrogen) atoms. The molecule has 5 rings (SSSR count). The molecular weight excluding hydrogens is 470 g/mol. The Balaban J connectivity index is 1.54. The van der Waals surface area contributed by atoms with Gasteiger partial charge >= 0.3 is 0 Å². The van der Waals surface area contributed by atoms with Crippen LogP contribution in [0.25, 0.3) is 11.0 Å². The van der Waals surface area contributed by atoms with Gasteiger partial charge in [0.25, 0.3) is 5.91 Å². The summed E-state index contributed by atoms with van der Waals surface area (Å²) in [6, 6.07) is 17.2. The van der Waals surface area contributed by atoms with Crippen molar-refractivity contribution in [1.29, 1.82) is 0 Å². The van der Waals surface area contributed by atoms with E-state index in [0.29, 0.717) is 28.5 Å². The van der Waals surface area contributed by atoms with E-state index in [4.69, 9.17) is 9.15 Å². The Morgan fingerprint density at radius 1 is 1.08 bits per heavy atom. The van der Waals surface area contributed by atoms with Crippen LogP contribution in [0.3, 0.4) is 0 Å². The van der Waals surface area contributed by atoms with E-state index in [1.807, 2.05) is 31.2 Å². The molecular formula is C28H31N5O4. The zero-order valence-corrected chi connectivity index (χ0v) is 21.1. The summed E-state index contributed by atoms with van der Waals surface area (Å²) >= 11 is 0. The number of benzene rings is 2. The van der Waals surface area contributed by atoms with E-state index in [1.54, 1.807) is 48.2 Å². The van der Waals surface area contributed by atoms with Crippen LogP contribution >= 0.6 is 0 Å². The number of para-hydroxylation sites is 1. The third-order valence-corrected chi connectivity index (χ3v) is 6.81. The number of fused-ring (bicyclic) bond motifs is 1. The van der Waals surface area contributed by atoms with Crippen molar-refractivity contribution in [2.24, 2.45) is 0 Å². The summed E-state index contributed by atoms with van der Waals surface area (Å²) in [5.74, 6) is 1.12. The Morgan fingerprint density at radius 3 is 2.54 bits per heavy atom. The molecule has 192 valence electrons. The number of amides is 2. The van der Waals surface area contributed by atoms with Crippen LogP contribution in [-0.4, -0.2) is 40.0 Å². The van der Waals surface area contributed by atoms with E-state index >= 15 is 0 Å². The molecule has 2 amide bonds. The molecule has 9 nitrogen and oxygen atoms in total. The number of aromatic nitrogens is 3. The highest BCUT2D eigenvalue weighted by Gasteiger charge is 2.36. The molecule has 1 aliphatic carbocycles. The first kappa shape index (κ1) is 24.5. The first-order chi connectivity index (χ1) is 18.0. The van der Waals surface area contributed by atoms with Gasteiger partial charge in [-0.2, -0.15) is 0 Å². The second-order valence-corrected chi connectivity index (χ2v) is 9.39. The first-order valence-corrected chi connectivity index (χ1v) is 12.6. The standard InChI is InChI=1S/C28H31N5O4/c1-19-12-17-25(37-19)27(28(35)29-20-8-4-3-5-9-20)33(21-13-15-22(36-2)16-14-21)26(34)18-32-24-11-7-6-10-23(24)30-31-32/h6-7,10-17,20,27H,3-5,8-9,18H2,1-2H3,(H,29,35)/t27-/m0/s1. The molecule has 1 atom stereocenters. The quantitative estimate of drug-likeness (QED) is 0.380. The Bertz CT molecular complexity index is 1370. The van der Waals surface area contributed by atoms with E-state index in [-0.39, 0.29) is 24.4 Å². The number of carbonyl (C=O) groups excluding carboxylic acids is 2. The molecule has 0 bridgehead atoms. The fourth-order valence-corrected chi connectivity index (χ4v) is 4.92. The fourth-order valence-electron chi connectivity index (χ4n) is 4.92. The summed E-state index contributed by atoms with van der Waals surface area (Å²) < 4.78 is 12.8. The monoisotopic (exact) mass is 501 g/mol. The molecule has 1 N–H and O–H groups in total. The third kappa shape index (κ3) is 5.35. The van der Waals surface area contributed by atoms with Crippen molar-refractivity contribution in [1.82, 2.24) is 20.3 Å². The van der Waals surface area contributed by atoms with E-state index in [0.717, 1.165) is 31.2 Å². The molecule has 0 radical (unpaired) electrons. The summed E-state index contributed by atoms with van der Waals surface area (Å²) in [5.41, 5.74) is 1.98. The lowest BCUT2D eigenvalue weighted by atomic mass is 9.95. The highest BCUT2D eigenvalue weighted by Crippen LogP contribution is 2.32. The number of aryl methyl sites for hydroxylation is 1. The van der Waals surface area contributed by atoms with E-state index in [9.17, 15) is 9.59 Å². The van der Waals surface area contributed by atoms with Crippen molar-refractivity contribution in [3.63, 3.8) is 0 Å². The molecule has 4 aromatic rings. The average Bonchev–Trinajstić information content (AvgIpc) is 3.53. The van der Waals surface area contributed by atoms with Gasteiger partial charge in [0.2, 0.25) is 5.91 Å². The molecule has 0 aliphatic heterocycles. The van der Waals surface area contributed by atoms with E-state index in [2.05, 4.69) is 15.6 Å². The minimum Gasteiger partial charge on any atom is -0.497 e. The predicted molar refractivity (Wildman–Crippen MR) is 139 cm³/mol. The van der Waals surface area contributed by atoms with Crippen molar-refractivity contribution in [3.05, 3.63) is 72.2 Å². The maximum atomic E-state index is 14.0. The highest BCUT2D eigenvalue weighted by molar-refractivity contribution is 6.01. The zero-order valence-electron chi connectivity index (χ0n) is 21.1. The van der Waals surface area contributed by atoms with Crippen LogP contribution in [0.5, 0.6) is 5.75 Å². The molecule has 0 saturated heterocycles. The van der Waals surface area contributed by atoms with Crippen LogP contribution in [-0.2, 0) is 16.1 Å². The number of anilines is 1. The van der Waals surface area contributed by atoms with Gasteiger partial charge in [0, 0.05) is 11.7 Å². The summed E-state index contributed by atoms with van der Waals surface area (Å²) in [7, 11) is 1.58. The number of hydrogen-bond donors (Lipinski definition) is 1. The number of hydrogen-bond acceptors (Lipinski definition) is 6. The summed E-state index contributed by atoms with van der Waals surface area (Å²) in [6.07, 6.45) is 5.19. The molecule has 1 fully saturated rings. The van der Waals surface area contributed by atoms with Gasteiger partial charge in [-0.05, 0) is 68.3 Å². The minimum absolute atomic E-state index is 0.0758. The Kier molecular flexibility index (Phi) is 7.20. The molecule has 0 spiro atoms. The lowest BCUT2D eigenvalue weighted by Crippen LogP contribution is -2.48. The SMILES string of the molecule is COc1ccc(N(C(=O)Cn2nnc3ccccc32)[C@H](C(=O)NC2CCCCC2)c2ccc(C)o2)cc1. The average molecular weight is 502 g/mol. The molecule has 2 aromatic heterocycles. The van der Waals surface area contributed by atoms with Gasteiger partial charge in [-0.1, -0.05) is 36.6 Å². The zero-order chi connectivity index (χ0) is 25.8. The molecule has 9 heteroatoms. The molecule has 2 aromatic carbocycles. The highest BCUT2D eigenvalue weighted by atomic mass is 16.5. The van der Waals surface area contributed by atoms with Crippen molar-refractivity contribution < 1.29 is 18.7 Å². The lowest BCUT2D eigenvalue weighted by Gasteiger charge is -2.32. The number of furan rings is 1. The van der Waals surface area contributed by atoms with E-state index in [1.165, 1.54) is 11.3 Å². The van der Waals surface area contributed by atoms with Crippen molar-refractivity contribution in [2.45, 2.75) is 57.7 Å². The second kappa shape index (κ2) is 10.9. The summed E-state index contributed by atoms with van der Waals surface area (Å²) in [4.78, 5) is 29.4. The number of methoxy groups -OCH3 is 1. The Labute approximate surface area is 215 Å². The fraction of sp³-hybridized carbons (Fsp3) is 0.357. The largest absolute Gasteiger partial charge is 0.497 e. The van der Waals surface area contributed by atoms with Crippen LogP contribution in [0.4, 0.5) is 5.69 Å². The number of nitrogens with zero attached hydrogens (tertiary/aromatic N) is 4. The van der Waals surface area contributed by atoms with Crippen molar-refractivity contribution >= 4 is 28.5 Å². The Hall–Kier alpha value is -4.14. The number of nitrogens with one attached hydrogen (secondary N) is 1. The third-order valence-electron chi connectivity index (χ3n) is 6.81. The number of ether oxygens (including phenoxy) is 1. The van der Waals surface area contributed by atoms with Crippen LogP contribution in [0, 0.1) is 6.92 Å². The molecule has 0 unspecified atom stereocenters. The maximum Gasteiger partial charge on any atom is 0.251 e. The van der Waals surface area contributed by atoms with Crippen molar-refractivity contribution in [2.75, 3.05) is 12.0 Å². The lowest BCUT2D eigenvalue weighted by molar-refractivity contribution is -0.128. The summed E-state index contributed by atoms with van der Waals surface area (Å²) in [5, 5.41) is 11.6. The molecule has 2 heterocycles. The normalized spacial score (nSPS) is 14.9. The predicted octanol–water partition coefficient (Wildman–Crippen LogP) is 4.56. The Morgan fingerprint density at radius 2 is 1.84 bits per heavy atom. The van der Waals surface area contributed by atoms with Gasteiger partial charge in [-0.3, -0.25) is 14.5 Å². The minimum atomic E-state index is -0.994. The molecule has 1 aliphatic rings. The maximum absolute atomic E-state index is 14.0. The number of carbonyl (C=O) groups is 2. The number of rotatable bonds is 8. The topological polar surface area (TPSA) is 102 Å². The van der Waals surface area contributed by atoms with Crippen molar-refractivity contribution in [3.8, 4) is 5.75 Å². The van der Waals surface area contributed by atoms with Gasteiger partial charge in [-0.15, -0.1) is 5.10 Å². The van der Waals surface area contributed by atoms with Crippen LogP contribution in [0.2, 0.25) is 0 Å². The smallest absolute Gasteiger partial charge is 0.251 e. The van der Waals surface area contributed by atoms with Gasteiger partial charge in [0.15, 0.2) is 6.04 Å². The van der Waals surface area contributed by atoms with Gasteiger partial charge < -0.3 is 14.5 Å². The van der Waals surface area contributed by atoms with Gasteiger partial charge in [0.1, 0.15) is 29.3 Å². The van der Waals surface area contributed by atoms with Gasteiger partial charge in [0.05, 0.1) is 12.6 Å². The van der Waals surface area contributed by atoms with Crippen LogP contribution in [0.1, 0.15) is 49.7 Å². The summed E-state index contributed by atoms with van der Waals surface area (Å²) in [6.45, 7) is 1.72. The molecule has 1 saturated carbocycles. The second-order valence-electron chi connectivity index (χ2n) is 9.39. The first-order valence-electron chi connectivity index (χ1n) is 12.6.